The molecule has 7 nitrogen and oxygen atoms in total. The largest absolute Gasteiger partial charge is 0.382 e. The van der Waals surface area contributed by atoms with Crippen molar-refractivity contribution in [1.29, 1.82) is 5.26 Å². The summed E-state index contributed by atoms with van der Waals surface area (Å²) in [6.45, 7) is 0. The smallest absolute Gasteiger partial charge is 0.235 e. The van der Waals surface area contributed by atoms with Crippen LogP contribution >= 0.6 is 30.3 Å². The molecular formula is C17H16FIN4O3S2. The second-order valence-corrected chi connectivity index (χ2v) is 10.2. The van der Waals surface area contributed by atoms with Crippen LogP contribution in [0.2, 0.25) is 0 Å². The first-order valence-electron chi connectivity index (χ1n) is 8.16. The number of carbonyl (C=O) groups excluding carboxylic acids is 1. The number of anilines is 1. The zero-order valence-electron chi connectivity index (χ0n) is 14.9. The number of nitrogens with one attached hydrogen (secondary N) is 1. The maximum atomic E-state index is 14.5. The molecule has 0 amide bonds. The van der Waals surface area contributed by atoms with Crippen LogP contribution in [0, 0.1) is 17.1 Å². The summed E-state index contributed by atoms with van der Waals surface area (Å²) in [5.74, 6) is -1.23. The van der Waals surface area contributed by atoms with E-state index in [9.17, 15) is 22.9 Å². The molecule has 1 N–H and O–H groups in total. The van der Waals surface area contributed by atoms with E-state index in [-0.39, 0.29) is 17.0 Å². The Hall–Kier alpha value is -1.78. The van der Waals surface area contributed by atoms with Crippen molar-refractivity contribution in [2.75, 3.05) is 18.8 Å². The SMILES string of the molecule is CN(C)/C=C(\C#N)C(=O)c1cc2cc(F)c(NS(=O)(=O)C3CC3)cc2n1SI. The summed E-state index contributed by atoms with van der Waals surface area (Å²) in [4.78, 5) is 14.4. The van der Waals surface area contributed by atoms with Gasteiger partial charge in [0, 0.05) is 56.0 Å². The number of carbonyl (C=O) groups is 1. The molecular weight excluding hydrogens is 518 g/mol. The topological polar surface area (TPSA) is 95.2 Å². The van der Waals surface area contributed by atoms with Crippen molar-refractivity contribution in [1.82, 2.24) is 8.87 Å². The Kier molecular flexibility index (Phi) is 5.92. The van der Waals surface area contributed by atoms with E-state index < -0.39 is 26.9 Å². The van der Waals surface area contributed by atoms with E-state index in [2.05, 4.69) is 4.72 Å². The van der Waals surface area contributed by atoms with Gasteiger partial charge in [0.25, 0.3) is 0 Å². The van der Waals surface area contributed by atoms with Gasteiger partial charge in [0.2, 0.25) is 15.8 Å². The molecule has 1 aromatic carbocycles. The van der Waals surface area contributed by atoms with Crippen molar-refractivity contribution < 1.29 is 17.6 Å². The number of nitrogens with zero attached hydrogens (tertiary/aromatic N) is 3. The molecule has 1 aromatic heterocycles. The van der Waals surface area contributed by atoms with E-state index in [1.54, 1.807) is 23.0 Å². The van der Waals surface area contributed by atoms with Crippen LogP contribution in [-0.4, -0.2) is 42.4 Å². The summed E-state index contributed by atoms with van der Waals surface area (Å²) in [6.07, 6.45) is 2.54. The van der Waals surface area contributed by atoms with Crippen LogP contribution in [0.15, 0.2) is 30.0 Å². The van der Waals surface area contributed by atoms with Crippen LogP contribution in [0.5, 0.6) is 0 Å². The molecule has 28 heavy (non-hydrogen) atoms. The predicted molar refractivity (Wildman–Crippen MR) is 116 cm³/mol. The third kappa shape index (κ3) is 4.13. The van der Waals surface area contributed by atoms with E-state index in [4.69, 9.17) is 0 Å². The van der Waals surface area contributed by atoms with Crippen LogP contribution in [0.25, 0.3) is 10.9 Å². The highest BCUT2D eigenvalue weighted by atomic mass is 127. The molecule has 1 fully saturated rings. The Labute approximate surface area is 178 Å². The van der Waals surface area contributed by atoms with Gasteiger partial charge in [-0.1, -0.05) is 0 Å². The predicted octanol–water partition coefficient (Wildman–Crippen LogP) is 3.68. The molecule has 0 spiro atoms. The molecule has 3 rings (SSSR count). The molecule has 0 atom stereocenters. The number of halogens is 2. The number of nitriles is 1. The lowest BCUT2D eigenvalue weighted by Gasteiger charge is -2.10. The Morgan fingerprint density at radius 2 is 2.11 bits per heavy atom. The fourth-order valence-electron chi connectivity index (χ4n) is 2.66. The minimum Gasteiger partial charge on any atom is -0.382 e. The summed E-state index contributed by atoms with van der Waals surface area (Å²) >= 11 is 1.97. The molecule has 11 heteroatoms. The third-order valence-corrected chi connectivity index (χ3v) is 7.68. The second-order valence-electron chi connectivity index (χ2n) is 6.58. The van der Waals surface area contributed by atoms with Crippen molar-refractivity contribution in [2.24, 2.45) is 0 Å². The van der Waals surface area contributed by atoms with Gasteiger partial charge in [-0.2, -0.15) is 5.26 Å². The standard InChI is InChI=1S/C17H16FIN4O3S2/c1-22(2)9-11(8-20)17(24)16-6-10-5-13(18)14(7-15(10)23(16)27-19)21-28(25,26)12-3-4-12/h5-7,9,12,21H,3-4H2,1-2H3/b11-9+. The normalized spacial score (nSPS) is 14.8. The second kappa shape index (κ2) is 7.92. The molecule has 1 saturated carbocycles. The highest BCUT2D eigenvalue weighted by Crippen LogP contribution is 2.35. The number of ketones is 1. The van der Waals surface area contributed by atoms with Crippen LogP contribution in [0.1, 0.15) is 23.3 Å². The molecule has 148 valence electrons. The number of fused-ring (bicyclic) bond motifs is 1. The molecule has 1 aliphatic carbocycles. The number of sulfonamides is 1. The Morgan fingerprint density at radius 1 is 1.43 bits per heavy atom. The van der Waals surface area contributed by atoms with E-state index in [0.29, 0.717) is 23.7 Å². The molecule has 0 saturated heterocycles. The minimum atomic E-state index is -3.62. The first-order chi connectivity index (χ1) is 13.2. The van der Waals surface area contributed by atoms with E-state index >= 15 is 0 Å². The van der Waals surface area contributed by atoms with Gasteiger partial charge in [-0.05, 0) is 31.0 Å². The van der Waals surface area contributed by atoms with E-state index in [1.807, 2.05) is 27.3 Å². The number of rotatable bonds is 7. The van der Waals surface area contributed by atoms with Crippen LogP contribution in [-0.2, 0) is 10.0 Å². The summed E-state index contributed by atoms with van der Waals surface area (Å²) in [7, 11) is 0.941. The molecule has 0 bridgehead atoms. The maximum absolute atomic E-state index is 14.5. The van der Waals surface area contributed by atoms with Gasteiger partial charge in [0.05, 0.1) is 16.5 Å². The van der Waals surface area contributed by atoms with Crippen LogP contribution < -0.4 is 4.72 Å². The summed E-state index contributed by atoms with van der Waals surface area (Å²) in [6, 6.07) is 5.92. The molecule has 1 aliphatic rings. The Bertz CT molecular complexity index is 1130. The third-order valence-electron chi connectivity index (χ3n) is 4.12. The van der Waals surface area contributed by atoms with E-state index in [1.165, 1.54) is 33.5 Å². The molecule has 0 radical (unpaired) electrons. The van der Waals surface area contributed by atoms with E-state index in [0.717, 1.165) is 0 Å². The highest BCUT2D eigenvalue weighted by Gasteiger charge is 2.36. The summed E-state index contributed by atoms with van der Waals surface area (Å²) < 4.78 is 42.6. The first kappa shape index (κ1) is 20.9. The zero-order chi connectivity index (χ0) is 20.6. The summed E-state index contributed by atoms with van der Waals surface area (Å²) in [5.41, 5.74) is 0.451. The van der Waals surface area contributed by atoms with Crippen molar-refractivity contribution in [3.8, 4) is 6.07 Å². The van der Waals surface area contributed by atoms with Crippen molar-refractivity contribution in [2.45, 2.75) is 18.1 Å². The lowest BCUT2D eigenvalue weighted by atomic mass is 10.1. The number of benzene rings is 1. The lowest BCUT2D eigenvalue weighted by molar-refractivity contribution is 0.103. The van der Waals surface area contributed by atoms with Gasteiger partial charge in [-0.15, -0.1) is 0 Å². The number of aromatic nitrogens is 1. The lowest BCUT2D eigenvalue weighted by Crippen LogP contribution is -2.18. The molecule has 0 unspecified atom stereocenters. The zero-order valence-corrected chi connectivity index (χ0v) is 18.7. The average Bonchev–Trinajstić information content (AvgIpc) is 3.42. The number of hydrogen-bond acceptors (Lipinski definition) is 6. The van der Waals surface area contributed by atoms with Crippen molar-refractivity contribution in [3.63, 3.8) is 0 Å². The quantitative estimate of drug-likeness (QED) is 0.252. The number of Topliss-reactive ketones (excluding diaryl/α,β-unsaturated/α-hetero) is 1. The van der Waals surface area contributed by atoms with Gasteiger partial charge in [0.1, 0.15) is 23.2 Å². The average molecular weight is 534 g/mol. The Morgan fingerprint density at radius 3 is 2.64 bits per heavy atom. The highest BCUT2D eigenvalue weighted by molar-refractivity contribution is 14.2. The minimum absolute atomic E-state index is 0.0605. The maximum Gasteiger partial charge on any atom is 0.235 e. The van der Waals surface area contributed by atoms with Gasteiger partial charge in [-0.25, -0.2) is 12.8 Å². The Balaban J connectivity index is 2.09. The van der Waals surface area contributed by atoms with Gasteiger partial charge < -0.3 is 4.90 Å². The fraction of sp³-hybridized carbons (Fsp3) is 0.294. The first-order valence-corrected chi connectivity index (χ1v) is 13.0. The van der Waals surface area contributed by atoms with Crippen LogP contribution in [0.3, 0.4) is 0 Å². The molecule has 2 aromatic rings. The van der Waals surface area contributed by atoms with Crippen molar-refractivity contribution >= 4 is 62.7 Å². The fourth-order valence-corrected chi connectivity index (χ4v) is 5.77. The molecule has 0 aliphatic heterocycles. The number of allylic oxidation sites excluding steroid dienone is 1. The van der Waals surface area contributed by atoms with Crippen LogP contribution in [0.4, 0.5) is 10.1 Å². The monoisotopic (exact) mass is 534 g/mol. The van der Waals surface area contributed by atoms with Crippen molar-refractivity contribution in [3.05, 3.63) is 41.5 Å². The summed E-state index contributed by atoms with van der Waals surface area (Å²) in [5, 5.41) is 9.24. The van der Waals surface area contributed by atoms with Gasteiger partial charge in [-0.3, -0.25) is 13.5 Å². The van der Waals surface area contributed by atoms with Gasteiger partial charge in [0.15, 0.2) is 0 Å². The molecule has 1 heterocycles. The van der Waals surface area contributed by atoms with Gasteiger partial charge >= 0.3 is 0 Å². The number of hydrogen-bond donors (Lipinski definition) is 1.